The van der Waals surface area contributed by atoms with Gasteiger partial charge in [0.05, 0.1) is 0 Å². The van der Waals surface area contributed by atoms with Crippen molar-refractivity contribution in [2.75, 3.05) is 0 Å². The average Bonchev–Trinajstić information content (AvgIpc) is 2.42. The van der Waals surface area contributed by atoms with Gasteiger partial charge in [0, 0.05) is 51.4 Å². The van der Waals surface area contributed by atoms with Crippen LogP contribution in [-0.2, 0) is 6.42 Å². The first-order valence-corrected chi connectivity index (χ1v) is 7.97. The van der Waals surface area contributed by atoms with E-state index in [1.165, 1.54) is 76.2 Å². The van der Waals surface area contributed by atoms with Crippen LogP contribution in [-0.4, -0.2) is 51.4 Å². The Kier molecular flexibility index (Phi) is 15.9. The van der Waals surface area contributed by atoms with Crippen LogP contribution < -0.4 is 0 Å². The second-order valence-corrected chi connectivity index (χ2v) is 5.42. The first kappa shape index (κ1) is 19.9. The Morgan fingerprint density at radius 2 is 1.11 bits per heavy atom. The molecule has 0 N–H and O–H groups in total. The minimum Gasteiger partial charge on any atom is -0.0654 e. The van der Waals surface area contributed by atoms with E-state index in [9.17, 15) is 0 Å². The Morgan fingerprint density at radius 3 is 1.63 bits per heavy atom. The number of aryl methyl sites for hydroxylation is 1. The summed E-state index contributed by atoms with van der Waals surface area (Å²) in [5, 5.41) is 0. The van der Waals surface area contributed by atoms with E-state index >= 15 is 0 Å². The molecule has 0 saturated carbocycles. The van der Waals surface area contributed by atoms with E-state index in [4.69, 9.17) is 0 Å². The van der Waals surface area contributed by atoms with Crippen LogP contribution in [0.4, 0.5) is 0 Å². The average molecular weight is 286 g/mol. The van der Waals surface area contributed by atoms with Crippen molar-refractivity contribution in [2.45, 2.75) is 77.6 Å². The minimum absolute atomic E-state index is 0. The second-order valence-electron chi connectivity index (χ2n) is 5.42. The molecule has 0 unspecified atom stereocenters. The summed E-state index contributed by atoms with van der Waals surface area (Å²) in [6.45, 7) is 2.28. The van der Waals surface area contributed by atoms with Crippen molar-refractivity contribution in [3.05, 3.63) is 35.9 Å². The van der Waals surface area contributed by atoms with Crippen LogP contribution in [0.15, 0.2) is 30.3 Å². The summed E-state index contributed by atoms with van der Waals surface area (Å²) >= 11 is 0. The fraction of sp³-hybridized carbons (Fsp3) is 0.667. The molecule has 0 amide bonds. The summed E-state index contributed by atoms with van der Waals surface area (Å²) in [6, 6.07) is 10.9. The Bertz CT molecular complexity index is 268. The van der Waals surface area contributed by atoms with Crippen LogP contribution in [0.25, 0.3) is 0 Å². The Hall–Kier alpha value is 0.856. The van der Waals surface area contributed by atoms with Crippen molar-refractivity contribution in [2.24, 2.45) is 0 Å². The van der Waals surface area contributed by atoms with E-state index in [0.29, 0.717) is 0 Å². The van der Waals surface area contributed by atoms with Crippen molar-refractivity contribution in [1.29, 1.82) is 0 Å². The fourth-order valence-electron chi connectivity index (χ4n) is 2.46. The Labute approximate surface area is 163 Å². The van der Waals surface area contributed by atoms with Gasteiger partial charge in [0.15, 0.2) is 0 Å². The van der Waals surface area contributed by atoms with Crippen molar-refractivity contribution in [3.8, 4) is 0 Å². The van der Waals surface area contributed by atoms with Gasteiger partial charge in [0.25, 0.3) is 0 Å². The predicted octanol–water partition coefficient (Wildman–Crippen LogP) is 5.77. The molecule has 1 aromatic rings. The van der Waals surface area contributed by atoms with Crippen LogP contribution in [0.3, 0.4) is 0 Å². The zero-order valence-electron chi connectivity index (χ0n) is 13.2. The van der Waals surface area contributed by atoms with Crippen molar-refractivity contribution < 1.29 is 0 Å². The third-order valence-electron chi connectivity index (χ3n) is 3.66. The van der Waals surface area contributed by atoms with Gasteiger partial charge in [0.2, 0.25) is 0 Å². The molecule has 0 heterocycles. The number of unbranched alkanes of at least 4 members (excludes halogenated alkanes) is 9. The van der Waals surface area contributed by atoms with Gasteiger partial charge < -0.3 is 0 Å². The molecule has 0 atom stereocenters. The molecular weight excluding hydrogens is 255 g/mol. The van der Waals surface area contributed by atoms with Gasteiger partial charge in [0.1, 0.15) is 0 Å². The quantitative estimate of drug-likeness (QED) is 0.358. The summed E-state index contributed by atoms with van der Waals surface area (Å²) in [5.74, 6) is 0. The third kappa shape index (κ3) is 12.3. The van der Waals surface area contributed by atoms with E-state index in [1.54, 1.807) is 0 Å². The summed E-state index contributed by atoms with van der Waals surface area (Å²) in [5.41, 5.74) is 1.50. The molecule has 0 saturated heterocycles. The summed E-state index contributed by atoms with van der Waals surface area (Å²) < 4.78 is 0. The summed E-state index contributed by atoms with van der Waals surface area (Å²) in [4.78, 5) is 0. The topological polar surface area (TPSA) is 0 Å². The first-order chi connectivity index (χ1) is 8.93. The molecule has 1 aromatic carbocycles. The van der Waals surface area contributed by atoms with Crippen LogP contribution in [0.2, 0.25) is 0 Å². The van der Waals surface area contributed by atoms with Gasteiger partial charge in [-0.05, 0) is 18.4 Å². The molecule has 0 aromatic heterocycles. The molecule has 19 heavy (non-hydrogen) atoms. The largest absolute Gasteiger partial charge is 0.0654 e. The first-order valence-electron chi connectivity index (χ1n) is 7.97. The molecule has 0 aliphatic heterocycles. The van der Waals surface area contributed by atoms with Crippen LogP contribution in [0.1, 0.15) is 76.7 Å². The molecule has 0 bridgehead atoms. The third-order valence-corrected chi connectivity index (χ3v) is 3.66. The molecule has 103 valence electrons. The maximum absolute atomic E-state index is 2.28. The van der Waals surface area contributed by atoms with Gasteiger partial charge in [-0.3, -0.25) is 0 Å². The normalized spacial score (nSPS) is 10.2. The van der Waals surface area contributed by atoms with Crippen molar-refractivity contribution >= 4 is 51.4 Å². The zero-order chi connectivity index (χ0) is 12.9. The van der Waals surface area contributed by atoms with E-state index in [0.717, 1.165) is 0 Å². The number of hydrogen-bond acceptors (Lipinski definition) is 0. The maximum Gasteiger partial charge on any atom is 0 e. The van der Waals surface area contributed by atoms with Gasteiger partial charge >= 0.3 is 0 Å². The van der Waals surface area contributed by atoms with Gasteiger partial charge in [-0.1, -0.05) is 95.0 Å². The number of rotatable bonds is 11. The Morgan fingerprint density at radius 1 is 0.632 bits per heavy atom. The van der Waals surface area contributed by atoms with Gasteiger partial charge in [-0.2, -0.15) is 0 Å². The zero-order valence-corrected chi connectivity index (χ0v) is 16.3. The van der Waals surface area contributed by atoms with Gasteiger partial charge in [-0.15, -0.1) is 0 Å². The van der Waals surface area contributed by atoms with E-state index in [-0.39, 0.29) is 51.4 Å². The second kappa shape index (κ2) is 15.2. The molecule has 1 heteroatoms. The molecule has 0 spiro atoms. The minimum atomic E-state index is 0. The monoisotopic (exact) mass is 285 g/mol. The predicted molar refractivity (Wildman–Crippen MR) is 87.7 cm³/mol. The van der Waals surface area contributed by atoms with Crippen molar-refractivity contribution in [3.63, 3.8) is 0 Å². The molecular formula is C18H30K. The van der Waals surface area contributed by atoms with E-state index in [2.05, 4.69) is 37.3 Å². The number of hydrogen-bond donors (Lipinski definition) is 0. The van der Waals surface area contributed by atoms with Crippen LogP contribution in [0.5, 0.6) is 0 Å². The van der Waals surface area contributed by atoms with Crippen molar-refractivity contribution in [1.82, 2.24) is 0 Å². The fourth-order valence-corrected chi connectivity index (χ4v) is 2.46. The molecule has 0 nitrogen and oxygen atoms in total. The number of benzene rings is 1. The smallest absolute Gasteiger partial charge is 0 e. The van der Waals surface area contributed by atoms with Crippen LogP contribution >= 0.6 is 0 Å². The Balaban J connectivity index is 0.00000324. The summed E-state index contributed by atoms with van der Waals surface area (Å²) in [6.07, 6.45) is 15.5. The van der Waals surface area contributed by atoms with Crippen LogP contribution in [0, 0.1) is 0 Å². The van der Waals surface area contributed by atoms with Gasteiger partial charge in [-0.25, -0.2) is 0 Å². The molecule has 0 aliphatic rings. The SMILES string of the molecule is CCCCCCCCCCCCc1ccccc1.[K]. The molecule has 1 radical (unpaired) electrons. The standard InChI is InChI=1S/C18H30.K/c1-2-3-4-5-6-7-8-9-10-12-15-18-16-13-11-14-17-18;/h11,13-14,16-17H,2-10,12,15H2,1H3;. The molecule has 0 aliphatic carbocycles. The van der Waals surface area contributed by atoms with E-state index < -0.39 is 0 Å². The molecule has 0 fully saturated rings. The van der Waals surface area contributed by atoms with E-state index in [1.807, 2.05) is 0 Å². The maximum atomic E-state index is 2.28. The summed E-state index contributed by atoms with van der Waals surface area (Å²) in [7, 11) is 0. The molecule has 1 rings (SSSR count).